The Bertz CT molecular complexity index is 435. The number of carbonyl (C=O) groups is 2. The fourth-order valence-corrected chi connectivity index (χ4v) is 1.28. The van der Waals surface area contributed by atoms with E-state index < -0.39 is 11.9 Å². The van der Waals surface area contributed by atoms with Crippen LogP contribution in [0.5, 0.6) is 0 Å². The zero-order valence-electron chi connectivity index (χ0n) is 8.27. The molecule has 0 radical (unpaired) electrons. The maximum Gasteiger partial charge on any atom is 0.272 e. The Morgan fingerprint density at radius 3 is 3.12 bits per heavy atom. The van der Waals surface area contributed by atoms with E-state index in [1.807, 2.05) is 0 Å². The van der Waals surface area contributed by atoms with E-state index in [1.165, 1.54) is 6.20 Å². The molecule has 1 aromatic rings. The number of hydrogen-bond donors (Lipinski definition) is 3. The number of amides is 2. The van der Waals surface area contributed by atoms with Crippen molar-refractivity contribution in [1.82, 2.24) is 15.8 Å². The van der Waals surface area contributed by atoms with Crippen molar-refractivity contribution in [3.05, 3.63) is 24.0 Å². The fraction of sp³-hybridized carbons (Fsp3) is 0.222. The minimum absolute atomic E-state index is 0.0946. The molecule has 0 unspecified atom stereocenters. The van der Waals surface area contributed by atoms with Gasteiger partial charge in [-0.15, -0.1) is 0 Å². The average Bonchev–Trinajstić information content (AvgIpc) is 2.65. The molecule has 84 valence electrons. The van der Waals surface area contributed by atoms with E-state index >= 15 is 0 Å². The summed E-state index contributed by atoms with van der Waals surface area (Å²) >= 11 is 0. The Morgan fingerprint density at radius 1 is 1.69 bits per heavy atom. The molecule has 2 amide bonds. The van der Waals surface area contributed by atoms with E-state index in [0.29, 0.717) is 0 Å². The van der Waals surface area contributed by atoms with Crippen LogP contribution in [0.2, 0.25) is 0 Å². The molecule has 7 heteroatoms. The number of nitrogens with two attached hydrogens (primary N) is 1. The third-order valence-corrected chi connectivity index (χ3v) is 2.10. The van der Waals surface area contributed by atoms with Crippen molar-refractivity contribution < 1.29 is 14.4 Å². The summed E-state index contributed by atoms with van der Waals surface area (Å²) in [5.74, 6) is -0.883. The third-order valence-electron chi connectivity index (χ3n) is 2.10. The summed E-state index contributed by atoms with van der Waals surface area (Å²) in [7, 11) is 0. The first kappa shape index (κ1) is 10.4. The number of anilines is 1. The summed E-state index contributed by atoms with van der Waals surface area (Å²) in [4.78, 5) is 31.3. The highest BCUT2D eigenvalue weighted by molar-refractivity contribution is 5.99. The molecule has 2 heterocycles. The number of rotatable bonds is 2. The lowest BCUT2D eigenvalue weighted by atomic mass is 10.2. The highest BCUT2D eigenvalue weighted by Gasteiger charge is 2.28. The van der Waals surface area contributed by atoms with Crippen molar-refractivity contribution >= 4 is 17.5 Å². The van der Waals surface area contributed by atoms with Crippen molar-refractivity contribution in [2.45, 2.75) is 6.04 Å². The van der Waals surface area contributed by atoms with Gasteiger partial charge in [0.1, 0.15) is 12.6 Å². The number of carbonyl (C=O) groups excluding carboxylic acids is 2. The summed E-state index contributed by atoms with van der Waals surface area (Å²) in [6.07, 6.45) is 1.45. The first-order valence-electron chi connectivity index (χ1n) is 4.61. The van der Waals surface area contributed by atoms with Gasteiger partial charge in [-0.2, -0.15) is 0 Å². The molecular formula is C9H10N4O3. The van der Waals surface area contributed by atoms with Crippen LogP contribution in [-0.2, 0) is 9.63 Å². The molecule has 0 bridgehead atoms. The first-order chi connectivity index (χ1) is 7.68. The molecule has 0 aromatic carbocycles. The minimum Gasteiger partial charge on any atom is -0.397 e. The smallest absolute Gasteiger partial charge is 0.272 e. The molecule has 1 aliphatic heterocycles. The van der Waals surface area contributed by atoms with Crippen LogP contribution >= 0.6 is 0 Å². The lowest BCUT2D eigenvalue weighted by Gasteiger charge is -2.08. The standard InChI is InChI=1S/C9H10N4O3/c10-5-2-1-3-11-7(5)9(15)12-6-4-16-13-8(6)14/h1-3,6H,4,10H2,(H,12,15)(H,13,14)/t6-/m1/s1. The molecule has 1 aliphatic rings. The van der Waals surface area contributed by atoms with Gasteiger partial charge in [-0.05, 0) is 12.1 Å². The topological polar surface area (TPSA) is 106 Å². The van der Waals surface area contributed by atoms with E-state index in [9.17, 15) is 9.59 Å². The number of hydroxylamine groups is 1. The van der Waals surface area contributed by atoms with Crippen LogP contribution in [0.15, 0.2) is 18.3 Å². The summed E-state index contributed by atoms with van der Waals surface area (Å²) in [6.45, 7) is 0.0946. The van der Waals surface area contributed by atoms with Gasteiger partial charge in [0.25, 0.3) is 11.8 Å². The quantitative estimate of drug-likeness (QED) is 0.584. The second kappa shape index (κ2) is 4.15. The number of nitrogens with one attached hydrogen (secondary N) is 2. The Balaban J connectivity index is 2.09. The van der Waals surface area contributed by atoms with Crippen molar-refractivity contribution in [2.24, 2.45) is 0 Å². The van der Waals surface area contributed by atoms with Crippen LogP contribution < -0.4 is 16.5 Å². The molecule has 0 saturated carbocycles. The maximum absolute atomic E-state index is 11.7. The van der Waals surface area contributed by atoms with Crippen LogP contribution in [-0.4, -0.2) is 29.4 Å². The van der Waals surface area contributed by atoms with Crippen LogP contribution in [0.3, 0.4) is 0 Å². The van der Waals surface area contributed by atoms with Gasteiger partial charge >= 0.3 is 0 Å². The first-order valence-corrected chi connectivity index (χ1v) is 4.61. The van der Waals surface area contributed by atoms with E-state index in [0.717, 1.165) is 0 Å². The van der Waals surface area contributed by atoms with Gasteiger partial charge in [0.2, 0.25) is 0 Å². The Labute approximate surface area is 90.9 Å². The van der Waals surface area contributed by atoms with Gasteiger partial charge in [-0.25, -0.2) is 10.5 Å². The largest absolute Gasteiger partial charge is 0.397 e. The van der Waals surface area contributed by atoms with Gasteiger partial charge in [0, 0.05) is 6.20 Å². The zero-order valence-corrected chi connectivity index (χ0v) is 8.27. The van der Waals surface area contributed by atoms with Gasteiger partial charge in [0.15, 0.2) is 5.69 Å². The SMILES string of the molecule is Nc1cccnc1C(=O)N[C@@H]1CONC1=O. The van der Waals surface area contributed by atoms with Crippen molar-refractivity contribution in [3.63, 3.8) is 0 Å². The summed E-state index contributed by atoms with van der Waals surface area (Å²) in [5.41, 5.74) is 8.07. The van der Waals surface area contributed by atoms with Crippen molar-refractivity contribution in [1.29, 1.82) is 0 Å². The Kier molecular flexibility index (Phi) is 2.69. The van der Waals surface area contributed by atoms with E-state index in [1.54, 1.807) is 12.1 Å². The molecule has 0 spiro atoms. The molecule has 1 aromatic heterocycles. The number of nitrogens with zero attached hydrogens (tertiary/aromatic N) is 1. The molecular weight excluding hydrogens is 212 g/mol. The molecule has 16 heavy (non-hydrogen) atoms. The number of nitrogen functional groups attached to an aromatic ring is 1. The summed E-state index contributed by atoms with van der Waals surface area (Å²) < 4.78 is 0. The van der Waals surface area contributed by atoms with Gasteiger partial charge < -0.3 is 11.1 Å². The predicted octanol–water partition coefficient (Wildman–Crippen LogP) is -1.18. The normalized spacial score (nSPS) is 19.2. The third kappa shape index (κ3) is 1.94. The molecule has 1 saturated heterocycles. The molecule has 4 N–H and O–H groups in total. The maximum atomic E-state index is 11.7. The summed E-state index contributed by atoms with van der Waals surface area (Å²) in [6, 6.07) is 2.49. The number of pyridine rings is 1. The van der Waals surface area contributed by atoms with Crippen LogP contribution in [0, 0.1) is 0 Å². The zero-order chi connectivity index (χ0) is 11.5. The molecule has 2 rings (SSSR count). The lowest BCUT2D eigenvalue weighted by molar-refractivity contribution is -0.125. The molecule has 0 aliphatic carbocycles. The van der Waals surface area contributed by atoms with E-state index in [2.05, 4.69) is 20.6 Å². The summed E-state index contributed by atoms with van der Waals surface area (Å²) in [5, 5.41) is 2.47. The van der Waals surface area contributed by atoms with Crippen LogP contribution in [0.1, 0.15) is 10.5 Å². The minimum atomic E-state index is -0.700. The average molecular weight is 222 g/mol. The molecule has 1 fully saturated rings. The highest BCUT2D eigenvalue weighted by Crippen LogP contribution is 2.07. The van der Waals surface area contributed by atoms with Crippen molar-refractivity contribution in [2.75, 3.05) is 12.3 Å². The molecule has 1 atom stereocenters. The molecule has 7 nitrogen and oxygen atoms in total. The lowest BCUT2D eigenvalue weighted by Crippen LogP contribution is -2.42. The highest BCUT2D eigenvalue weighted by atomic mass is 16.7. The number of hydrogen-bond acceptors (Lipinski definition) is 5. The predicted molar refractivity (Wildman–Crippen MR) is 54.0 cm³/mol. The monoisotopic (exact) mass is 222 g/mol. The second-order valence-corrected chi connectivity index (χ2v) is 3.24. The van der Waals surface area contributed by atoms with E-state index in [-0.39, 0.29) is 23.9 Å². The Hall–Kier alpha value is -2.15. The van der Waals surface area contributed by atoms with Gasteiger partial charge in [-0.1, -0.05) is 0 Å². The number of aromatic nitrogens is 1. The van der Waals surface area contributed by atoms with Crippen LogP contribution in [0.25, 0.3) is 0 Å². The van der Waals surface area contributed by atoms with Gasteiger partial charge in [0.05, 0.1) is 5.69 Å². The second-order valence-electron chi connectivity index (χ2n) is 3.24. The van der Waals surface area contributed by atoms with E-state index in [4.69, 9.17) is 5.73 Å². The van der Waals surface area contributed by atoms with Gasteiger partial charge in [-0.3, -0.25) is 14.4 Å². The fourth-order valence-electron chi connectivity index (χ4n) is 1.28. The van der Waals surface area contributed by atoms with Crippen LogP contribution in [0.4, 0.5) is 5.69 Å². The van der Waals surface area contributed by atoms with Crippen molar-refractivity contribution in [3.8, 4) is 0 Å². The Morgan fingerprint density at radius 2 is 2.50 bits per heavy atom.